The molecule has 7 nitrogen and oxygen atoms in total. The number of nitrogen functional groups attached to an aromatic ring is 1. The summed E-state index contributed by atoms with van der Waals surface area (Å²) in [6.07, 6.45) is 0. The Bertz CT molecular complexity index is 742. The Morgan fingerprint density at radius 1 is 1.18 bits per heavy atom. The van der Waals surface area contributed by atoms with E-state index in [1.165, 1.54) is 18.2 Å². The summed E-state index contributed by atoms with van der Waals surface area (Å²) in [5.41, 5.74) is 8.30. The number of aliphatic imine (C=N–C) groups is 1. The molecule has 0 aliphatic carbocycles. The van der Waals surface area contributed by atoms with Crippen LogP contribution < -0.4 is 11.2 Å². The number of amidine groups is 1. The maximum Gasteiger partial charge on any atom is 0.335 e. The van der Waals surface area contributed by atoms with E-state index >= 15 is 0 Å². The van der Waals surface area contributed by atoms with Crippen molar-refractivity contribution in [3.05, 3.63) is 59.7 Å². The Kier molecular flexibility index (Phi) is 4.50. The molecule has 2 aromatic rings. The number of hydrogen-bond acceptors (Lipinski definition) is 5. The molecular weight excluding hydrogens is 284 g/mol. The van der Waals surface area contributed by atoms with Gasteiger partial charge in [0.2, 0.25) is 0 Å². The van der Waals surface area contributed by atoms with Crippen LogP contribution in [0.1, 0.15) is 15.9 Å². The summed E-state index contributed by atoms with van der Waals surface area (Å²) in [5, 5.41) is 26.3. The topological polar surface area (TPSA) is 132 Å². The van der Waals surface area contributed by atoms with Crippen molar-refractivity contribution in [2.75, 3.05) is 5.73 Å². The third-order valence-electron chi connectivity index (χ3n) is 2.91. The van der Waals surface area contributed by atoms with Crippen LogP contribution in [0.25, 0.3) is 0 Å². The van der Waals surface area contributed by atoms with Gasteiger partial charge in [-0.2, -0.15) is 0 Å². The highest BCUT2D eigenvalue weighted by atomic mass is 16.5. The molecule has 112 valence electrons. The number of carboxylic acid groups (broad SMARTS) is 1. The van der Waals surface area contributed by atoms with Crippen molar-refractivity contribution >= 4 is 28.9 Å². The highest BCUT2D eigenvalue weighted by Crippen LogP contribution is 2.17. The zero-order chi connectivity index (χ0) is 16.1. The fourth-order valence-corrected chi connectivity index (χ4v) is 1.80. The quantitative estimate of drug-likeness (QED) is 0.255. The minimum atomic E-state index is -1.13. The number of hydroxylamine groups is 1. The molecule has 2 rings (SSSR count). The molecule has 0 heterocycles. The van der Waals surface area contributed by atoms with Crippen molar-refractivity contribution in [3.8, 4) is 0 Å². The van der Waals surface area contributed by atoms with Crippen LogP contribution in [0.15, 0.2) is 53.5 Å². The minimum absolute atomic E-state index is 0.00838. The fourth-order valence-electron chi connectivity index (χ4n) is 1.80. The number of benzene rings is 2. The van der Waals surface area contributed by atoms with E-state index in [2.05, 4.69) is 4.99 Å². The maximum absolute atomic E-state index is 11.0. The molecule has 7 heteroatoms. The molecule has 22 heavy (non-hydrogen) atoms. The predicted molar refractivity (Wildman–Crippen MR) is 83.1 cm³/mol. The number of hydrogen-bond donors (Lipinski definition) is 5. The third-order valence-corrected chi connectivity index (χ3v) is 2.91. The molecule has 0 aliphatic rings. The second-order valence-electron chi connectivity index (χ2n) is 4.39. The molecule has 0 saturated heterocycles. The lowest BCUT2D eigenvalue weighted by Gasteiger charge is -2.10. The molecule has 0 bridgehead atoms. The lowest BCUT2D eigenvalue weighted by molar-refractivity contribution is 0.0697. The zero-order valence-corrected chi connectivity index (χ0v) is 11.4. The number of nitrogens with zero attached hydrogens (tertiary/aromatic N) is 1. The fraction of sp³-hybridized carbons (Fsp3) is 0. The van der Waals surface area contributed by atoms with Gasteiger partial charge in [0, 0.05) is 11.3 Å². The van der Waals surface area contributed by atoms with Gasteiger partial charge in [-0.05, 0) is 30.3 Å². The minimum Gasteiger partial charge on any atom is -0.478 e. The summed E-state index contributed by atoms with van der Waals surface area (Å²) in [6, 6.07) is 12.7. The molecule has 0 radical (unpaired) electrons. The number of carboxylic acids is 1. The average Bonchev–Trinajstić information content (AvgIpc) is 2.53. The van der Waals surface area contributed by atoms with Crippen molar-refractivity contribution in [1.82, 2.24) is 5.48 Å². The van der Waals surface area contributed by atoms with E-state index in [-0.39, 0.29) is 28.4 Å². The number of rotatable bonds is 4. The number of carbonyl (C=O) groups is 1. The van der Waals surface area contributed by atoms with Crippen molar-refractivity contribution < 1.29 is 15.1 Å². The van der Waals surface area contributed by atoms with E-state index in [4.69, 9.17) is 16.2 Å². The lowest BCUT2D eigenvalue weighted by atomic mass is 10.0. The molecule has 0 fully saturated rings. The Morgan fingerprint density at radius 2 is 1.86 bits per heavy atom. The molecule has 0 aromatic heterocycles. The summed E-state index contributed by atoms with van der Waals surface area (Å²) in [6.45, 7) is 0. The van der Waals surface area contributed by atoms with Gasteiger partial charge in [0.25, 0.3) is 0 Å². The average molecular weight is 298 g/mol. The first-order valence-electron chi connectivity index (χ1n) is 6.29. The normalized spacial score (nSPS) is 11.0. The highest BCUT2D eigenvalue weighted by Gasteiger charge is 2.15. The Hall–Kier alpha value is -3.19. The molecule has 2 aromatic carbocycles. The van der Waals surface area contributed by atoms with Crippen LogP contribution in [-0.4, -0.2) is 27.8 Å². The van der Waals surface area contributed by atoms with Crippen molar-refractivity contribution in [1.29, 1.82) is 5.41 Å². The molecule has 0 aliphatic heterocycles. The van der Waals surface area contributed by atoms with Crippen molar-refractivity contribution in [2.24, 2.45) is 4.99 Å². The van der Waals surface area contributed by atoms with Gasteiger partial charge in [-0.25, -0.2) is 9.79 Å². The van der Waals surface area contributed by atoms with Crippen LogP contribution in [0.2, 0.25) is 0 Å². The van der Waals surface area contributed by atoms with Gasteiger partial charge in [0.1, 0.15) is 5.71 Å². The molecule has 0 unspecified atom stereocenters. The first-order valence-corrected chi connectivity index (χ1v) is 6.29. The van der Waals surface area contributed by atoms with E-state index in [9.17, 15) is 10.0 Å². The number of anilines is 1. The summed E-state index contributed by atoms with van der Waals surface area (Å²) in [4.78, 5) is 15.1. The molecule has 6 N–H and O–H groups in total. The number of aromatic carboxylic acids is 1. The van der Waals surface area contributed by atoms with Crippen molar-refractivity contribution in [2.45, 2.75) is 0 Å². The molecule has 0 amide bonds. The second kappa shape index (κ2) is 6.51. The van der Waals surface area contributed by atoms with Crippen LogP contribution in [-0.2, 0) is 0 Å². The molecule has 0 atom stereocenters. The first-order chi connectivity index (χ1) is 10.5. The van der Waals surface area contributed by atoms with Gasteiger partial charge in [0.15, 0.2) is 5.84 Å². The van der Waals surface area contributed by atoms with E-state index < -0.39 is 5.97 Å². The van der Waals surface area contributed by atoms with E-state index in [1.807, 2.05) is 11.5 Å². The first kappa shape index (κ1) is 15.2. The maximum atomic E-state index is 11.0. The van der Waals surface area contributed by atoms with Crippen LogP contribution in [0.3, 0.4) is 0 Å². The summed E-state index contributed by atoms with van der Waals surface area (Å²) in [5.74, 6) is -1.27. The van der Waals surface area contributed by atoms with Gasteiger partial charge >= 0.3 is 5.97 Å². The highest BCUT2D eigenvalue weighted by molar-refractivity contribution is 6.47. The molecule has 0 saturated carbocycles. The standard InChI is InChI=1S/C15H14N4O3/c16-12-7-6-9(15(20)21)8-11(12)13(17)14(19-22)18-10-4-2-1-3-5-10/h1-8,17,22H,16H2,(H,18,19)(H,20,21). The number of para-hydroxylation sites is 1. The zero-order valence-electron chi connectivity index (χ0n) is 11.4. The van der Waals surface area contributed by atoms with Gasteiger partial charge in [-0.1, -0.05) is 18.2 Å². The van der Waals surface area contributed by atoms with Crippen molar-refractivity contribution in [3.63, 3.8) is 0 Å². The summed E-state index contributed by atoms with van der Waals surface area (Å²) >= 11 is 0. The second-order valence-corrected chi connectivity index (χ2v) is 4.39. The van der Waals surface area contributed by atoms with Gasteiger partial charge < -0.3 is 10.8 Å². The number of nitrogens with two attached hydrogens (primary N) is 1. The van der Waals surface area contributed by atoms with Gasteiger partial charge in [-0.15, -0.1) is 0 Å². The van der Waals surface area contributed by atoms with Gasteiger partial charge in [-0.3, -0.25) is 16.1 Å². The Balaban J connectivity index is 2.43. The van der Waals surface area contributed by atoms with Crippen LogP contribution in [0, 0.1) is 5.41 Å². The van der Waals surface area contributed by atoms with E-state index in [0.717, 1.165) is 0 Å². The summed E-state index contributed by atoms with van der Waals surface area (Å²) < 4.78 is 0. The van der Waals surface area contributed by atoms with Gasteiger partial charge in [0.05, 0.1) is 11.3 Å². The van der Waals surface area contributed by atoms with Crippen LogP contribution >= 0.6 is 0 Å². The third kappa shape index (κ3) is 3.28. The molecule has 0 spiro atoms. The van der Waals surface area contributed by atoms with E-state index in [0.29, 0.717) is 5.69 Å². The Labute approximate surface area is 126 Å². The predicted octanol–water partition coefficient (Wildman–Crippen LogP) is 2.04. The monoisotopic (exact) mass is 298 g/mol. The summed E-state index contributed by atoms with van der Waals surface area (Å²) in [7, 11) is 0. The largest absolute Gasteiger partial charge is 0.478 e. The smallest absolute Gasteiger partial charge is 0.335 e. The lowest BCUT2D eigenvalue weighted by Crippen LogP contribution is -2.29. The Morgan fingerprint density at radius 3 is 2.45 bits per heavy atom. The number of nitrogens with one attached hydrogen (secondary N) is 2. The molecular formula is C15H14N4O3. The van der Waals surface area contributed by atoms with Crippen LogP contribution in [0.4, 0.5) is 11.4 Å². The van der Waals surface area contributed by atoms with E-state index in [1.54, 1.807) is 24.3 Å². The van der Waals surface area contributed by atoms with Crippen LogP contribution in [0.5, 0.6) is 0 Å². The SMILES string of the molecule is N=C(C(=Nc1ccccc1)NO)c1cc(C(=O)O)ccc1N.